The topological polar surface area (TPSA) is 44.4 Å². The maximum absolute atomic E-state index is 11.5. The minimum Gasteiger partial charge on any atom is -0.352 e. The molecule has 1 rings (SSSR count). The van der Waals surface area contributed by atoms with Gasteiger partial charge in [-0.15, -0.1) is 6.58 Å². The highest BCUT2D eigenvalue weighted by molar-refractivity contribution is 5.78. The van der Waals surface area contributed by atoms with Crippen molar-refractivity contribution in [3.63, 3.8) is 0 Å². The Bertz CT molecular complexity index is 222. The van der Waals surface area contributed by atoms with Gasteiger partial charge in [0.1, 0.15) is 0 Å². The van der Waals surface area contributed by atoms with E-state index in [0.29, 0.717) is 13.1 Å². The van der Waals surface area contributed by atoms with Crippen LogP contribution in [0.2, 0.25) is 0 Å². The van der Waals surface area contributed by atoms with Crippen molar-refractivity contribution < 1.29 is 4.79 Å². The molecule has 0 aromatic rings. The lowest BCUT2D eigenvalue weighted by Crippen LogP contribution is -2.42. The number of hydrogen-bond donors (Lipinski definition) is 2. The fourth-order valence-corrected chi connectivity index (χ4v) is 2.08. The van der Waals surface area contributed by atoms with E-state index in [4.69, 9.17) is 0 Å². The molecule has 0 aromatic heterocycles. The summed E-state index contributed by atoms with van der Waals surface area (Å²) >= 11 is 0. The Kier molecular flexibility index (Phi) is 6.11. The summed E-state index contributed by atoms with van der Waals surface area (Å²) in [6.07, 6.45) is 4.09. The minimum absolute atomic E-state index is 0.104. The molecule has 1 amide bonds. The van der Waals surface area contributed by atoms with E-state index in [-0.39, 0.29) is 5.91 Å². The maximum atomic E-state index is 11.5. The first-order valence-electron chi connectivity index (χ1n) is 6.00. The molecule has 4 heteroatoms. The first-order chi connectivity index (χ1) is 7.76. The minimum atomic E-state index is 0.104. The molecule has 0 spiro atoms. The quantitative estimate of drug-likeness (QED) is 0.636. The second-order valence-corrected chi connectivity index (χ2v) is 4.37. The molecule has 1 aliphatic rings. The number of carbonyl (C=O) groups is 1. The van der Waals surface area contributed by atoms with Gasteiger partial charge in [0, 0.05) is 6.54 Å². The van der Waals surface area contributed by atoms with Crippen LogP contribution in [0.5, 0.6) is 0 Å². The highest BCUT2D eigenvalue weighted by Gasteiger charge is 2.19. The molecule has 0 aliphatic carbocycles. The first-order valence-corrected chi connectivity index (χ1v) is 6.00. The van der Waals surface area contributed by atoms with Gasteiger partial charge in [-0.2, -0.15) is 0 Å². The van der Waals surface area contributed by atoms with Crippen LogP contribution >= 0.6 is 0 Å². The van der Waals surface area contributed by atoms with Crippen LogP contribution in [0.4, 0.5) is 0 Å². The van der Waals surface area contributed by atoms with Gasteiger partial charge in [0.2, 0.25) is 5.91 Å². The summed E-state index contributed by atoms with van der Waals surface area (Å²) in [6, 6.07) is 0. The molecule has 2 N–H and O–H groups in total. The van der Waals surface area contributed by atoms with Crippen LogP contribution in [0.15, 0.2) is 12.7 Å². The first kappa shape index (κ1) is 13.2. The molecule has 1 saturated heterocycles. The molecule has 1 heterocycles. The van der Waals surface area contributed by atoms with Gasteiger partial charge in [-0.25, -0.2) is 0 Å². The van der Waals surface area contributed by atoms with Crippen molar-refractivity contribution in [3.8, 4) is 0 Å². The van der Waals surface area contributed by atoms with E-state index in [0.717, 1.165) is 25.6 Å². The van der Waals surface area contributed by atoms with Crippen molar-refractivity contribution >= 4 is 5.91 Å². The molecule has 4 nitrogen and oxygen atoms in total. The van der Waals surface area contributed by atoms with E-state index < -0.39 is 0 Å². The van der Waals surface area contributed by atoms with E-state index in [9.17, 15) is 4.79 Å². The van der Waals surface area contributed by atoms with Crippen molar-refractivity contribution in [2.45, 2.75) is 12.8 Å². The molecule has 92 valence electrons. The van der Waals surface area contributed by atoms with Crippen LogP contribution in [0.1, 0.15) is 12.8 Å². The van der Waals surface area contributed by atoms with E-state index in [2.05, 4.69) is 22.1 Å². The van der Waals surface area contributed by atoms with Crippen LogP contribution < -0.4 is 10.6 Å². The summed E-state index contributed by atoms with van der Waals surface area (Å²) in [5.74, 6) is 0.879. The van der Waals surface area contributed by atoms with Crippen molar-refractivity contribution in [2.75, 3.05) is 39.8 Å². The molecular weight excluding hydrogens is 202 g/mol. The van der Waals surface area contributed by atoms with Crippen LogP contribution in [0.25, 0.3) is 0 Å². The number of nitrogens with zero attached hydrogens (tertiary/aromatic N) is 1. The summed E-state index contributed by atoms with van der Waals surface area (Å²) < 4.78 is 0. The normalized spacial score (nSPS) is 18.3. The zero-order chi connectivity index (χ0) is 11.8. The number of carbonyl (C=O) groups excluding carboxylic acids is 1. The zero-order valence-corrected chi connectivity index (χ0v) is 10.2. The highest BCUT2D eigenvalue weighted by atomic mass is 16.2. The molecule has 0 aromatic carbocycles. The number of piperidine rings is 1. The van der Waals surface area contributed by atoms with E-state index >= 15 is 0 Å². The fraction of sp³-hybridized carbons (Fsp3) is 0.750. The van der Waals surface area contributed by atoms with Crippen molar-refractivity contribution in [1.29, 1.82) is 0 Å². The third kappa shape index (κ3) is 4.77. The summed E-state index contributed by atoms with van der Waals surface area (Å²) in [4.78, 5) is 13.7. The number of amides is 1. The summed E-state index contributed by atoms with van der Waals surface area (Å²) in [6.45, 7) is 7.83. The Balaban J connectivity index is 2.16. The second kappa shape index (κ2) is 7.41. The summed E-state index contributed by atoms with van der Waals surface area (Å²) in [5, 5.41) is 6.02. The summed E-state index contributed by atoms with van der Waals surface area (Å²) in [7, 11) is 2.00. The molecule has 16 heavy (non-hydrogen) atoms. The van der Waals surface area contributed by atoms with Crippen molar-refractivity contribution in [2.24, 2.45) is 5.92 Å². The molecule has 1 aliphatic heterocycles. The van der Waals surface area contributed by atoms with E-state index in [1.807, 2.05) is 7.05 Å². The Morgan fingerprint density at radius 1 is 1.50 bits per heavy atom. The molecule has 0 saturated carbocycles. The van der Waals surface area contributed by atoms with Gasteiger partial charge in [0.25, 0.3) is 0 Å². The fourth-order valence-electron chi connectivity index (χ4n) is 2.08. The lowest BCUT2D eigenvalue weighted by molar-refractivity contribution is -0.122. The Morgan fingerprint density at radius 2 is 2.19 bits per heavy atom. The zero-order valence-electron chi connectivity index (χ0n) is 10.2. The average molecular weight is 225 g/mol. The lowest BCUT2D eigenvalue weighted by atomic mass is 9.97. The molecule has 0 atom stereocenters. The third-order valence-corrected chi connectivity index (χ3v) is 3.01. The highest BCUT2D eigenvalue weighted by Crippen LogP contribution is 2.15. The van der Waals surface area contributed by atoms with Gasteiger partial charge in [0.15, 0.2) is 0 Å². The Hall–Kier alpha value is -0.870. The van der Waals surface area contributed by atoms with E-state index in [1.165, 1.54) is 12.8 Å². The lowest BCUT2D eigenvalue weighted by Gasteiger charge is -2.31. The van der Waals surface area contributed by atoms with Gasteiger partial charge in [-0.1, -0.05) is 6.08 Å². The predicted molar refractivity (Wildman–Crippen MR) is 66.3 cm³/mol. The number of rotatable bonds is 6. The van der Waals surface area contributed by atoms with E-state index in [1.54, 1.807) is 6.08 Å². The van der Waals surface area contributed by atoms with Crippen LogP contribution in [0, 0.1) is 5.92 Å². The maximum Gasteiger partial charge on any atom is 0.234 e. The van der Waals surface area contributed by atoms with Gasteiger partial charge in [0.05, 0.1) is 6.54 Å². The van der Waals surface area contributed by atoms with Gasteiger partial charge in [-0.3, -0.25) is 9.69 Å². The molecular formula is C12H23N3O. The number of likely N-dealkylation sites (tertiary alicyclic amines) is 1. The molecule has 0 unspecified atom stereocenters. The van der Waals surface area contributed by atoms with Gasteiger partial charge >= 0.3 is 0 Å². The predicted octanol–water partition coefficient (Wildman–Crippen LogP) is 0.220. The molecule has 1 fully saturated rings. The smallest absolute Gasteiger partial charge is 0.234 e. The number of hydrogen-bond acceptors (Lipinski definition) is 3. The SMILES string of the molecule is C=CCNC(=O)CN1CCC(CNC)CC1. The third-order valence-electron chi connectivity index (χ3n) is 3.01. The van der Waals surface area contributed by atoms with Gasteiger partial charge < -0.3 is 10.6 Å². The largest absolute Gasteiger partial charge is 0.352 e. The van der Waals surface area contributed by atoms with Crippen molar-refractivity contribution in [3.05, 3.63) is 12.7 Å². The van der Waals surface area contributed by atoms with Crippen LogP contribution in [-0.2, 0) is 4.79 Å². The Labute approximate surface area is 98.1 Å². The van der Waals surface area contributed by atoms with Crippen LogP contribution in [0.3, 0.4) is 0 Å². The number of nitrogens with one attached hydrogen (secondary N) is 2. The standard InChI is InChI=1S/C12H23N3O/c1-3-6-14-12(16)10-15-7-4-11(5-8-15)9-13-2/h3,11,13H,1,4-10H2,2H3,(H,14,16). The Morgan fingerprint density at radius 3 is 2.75 bits per heavy atom. The molecule has 0 radical (unpaired) electrons. The van der Waals surface area contributed by atoms with Gasteiger partial charge in [-0.05, 0) is 45.4 Å². The second-order valence-electron chi connectivity index (χ2n) is 4.37. The van der Waals surface area contributed by atoms with Crippen LogP contribution in [-0.4, -0.2) is 50.6 Å². The molecule has 0 bridgehead atoms. The monoisotopic (exact) mass is 225 g/mol. The summed E-state index contributed by atoms with van der Waals surface area (Å²) in [5.41, 5.74) is 0. The van der Waals surface area contributed by atoms with Crippen molar-refractivity contribution in [1.82, 2.24) is 15.5 Å². The average Bonchev–Trinajstić information content (AvgIpc) is 2.29.